The van der Waals surface area contributed by atoms with Crippen LogP contribution >= 0.6 is 0 Å². The maximum atomic E-state index is 9.80. The zero-order chi connectivity index (χ0) is 23.0. The maximum absolute atomic E-state index is 9.80. The molecule has 1 saturated heterocycles. The van der Waals surface area contributed by atoms with Gasteiger partial charge in [-0.05, 0) is 53.9 Å². The largest absolute Gasteiger partial charge is 0.508 e. The minimum Gasteiger partial charge on any atom is -0.508 e. The third-order valence-corrected chi connectivity index (χ3v) is 6.21. The van der Waals surface area contributed by atoms with E-state index < -0.39 is 0 Å². The number of hydrogen-bond acceptors (Lipinski definition) is 5. The number of hydrogen-bond donors (Lipinski definition) is 1. The average Bonchev–Trinajstić information content (AvgIpc) is 2.86. The molecule has 2 heterocycles. The molecule has 3 aromatic rings. The zero-order valence-electron chi connectivity index (χ0n) is 19.6. The van der Waals surface area contributed by atoms with Gasteiger partial charge in [0.05, 0.1) is 0 Å². The quantitative estimate of drug-likeness (QED) is 0.508. The fraction of sp³-hybridized carbons (Fsp3) is 0.321. The second kappa shape index (κ2) is 11.1. The van der Waals surface area contributed by atoms with Crippen molar-refractivity contribution >= 4 is 11.1 Å². The van der Waals surface area contributed by atoms with Crippen molar-refractivity contribution in [3.05, 3.63) is 89.6 Å². The number of phenols is 1. The Morgan fingerprint density at radius 1 is 0.879 bits per heavy atom. The molecular formula is C28H33N3O2. The van der Waals surface area contributed by atoms with Crippen LogP contribution in [0.1, 0.15) is 30.0 Å². The Labute approximate surface area is 197 Å². The molecule has 0 radical (unpaired) electrons. The van der Waals surface area contributed by atoms with Crippen LogP contribution in [-0.2, 0) is 0 Å². The molecule has 1 aromatic heterocycles. The molecule has 0 bridgehead atoms. The van der Waals surface area contributed by atoms with Gasteiger partial charge in [0.15, 0.2) is 0 Å². The smallest absolute Gasteiger partial charge is 0.213 e. The molecule has 172 valence electrons. The first-order valence-electron chi connectivity index (χ1n) is 11.7. The molecule has 0 saturated carbocycles. The molecule has 0 spiro atoms. The van der Waals surface area contributed by atoms with Gasteiger partial charge in [0.25, 0.3) is 0 Å². The maximum Gasteiger partial charge on any atom is 0.213 e. The first kappa shape index (κ1) is 23.0. The van der Waals surface area contributed by atoms with Gasteiger partial charge in [-0.25, -0.2) is 4.98 Å². The number of ether oxygens (including phenoxy) is 1. The minimum absolute atomic E-state index is 0.262. The third kappa shape index (κ3) is 6.01. The molecule has 0 amide bonds. The number of phenolic OH excluding ortho intramolecular Hbond substituents is 1. The Bertz CT molecular complexity index is 1040. The van der Waals surface area contributed by atoms with Crippen LogP contribution in [0.25, 0.3) is 11.1 Å². The molecule has 1 fully saturated rings. The summed E-state index contributed by atoms with van der Waals surface area (Å²) in [4.78, 5) is 9.41. The highest BCUT2D eigenvalue weighted by Gasteiger charge is 2.15. The first-order valence-corrected chi connectivity index (χ1v) is 11.7. The number of rotatable bonds is 8. The van der Waals surface area contributed by atoms with Crippen molar-refractivity contribution < 1.29 is 9.84 Å². The standard InChI is InChI=1S/C28H33N3O2/c1-3-26(22-7-5-4-6-8-22)28(23-9-12-25(32)13-10-23)24-11-14-27(29-21-24)33-20-19-31-17-15-30(2)16-18-31/h4-14,21,32H,3,15-20H2,1-2H3. The van der Waals surface area contributed by atoms with Gasteiger partial charge in [0, 0.05) is 50.6 Å². The van der Waals surface area contributed by atoms with Crippen molar-refractivity contribution in [2.75, 3.05) is 46.4 Å². The number of allylic oxidation sites excluding steroid dienone is 1. The predicted octanol–water partition coefficient (Wildman–Crippen LogP) is 4.78. The molecular weight excluding hydrogens is 410 g/mol. The zero-order valence-corrected chi connectivity index (χ0v) is 19.6. The van der Waals surface area contributed by atoms with E-state index in [4.69, 9.17) is 4.74 Å². The summed E-state index contributed by atoms with van der Waals surface area (Å²) in [5.41, 5.74) is 5.65. The summed E-state index contributed by atoms with van der Waals surface area (Å²) in [6.07, 6.45) is 2.77. The van der Waals surface area contributed by atoms with Crippen molar-refractivity contribution in [1.29, 1.82) is 0 Å². The summed E-state index contributed by atoms with van der Waals surface area (Å²) in [7, 11) is 2.17. The normalized spacial score (nSPS) is 15.8. The van der Waals surface area contributed by atoms with E-state index in [-0.39, 0.29) is 5.75 Å². The second-order valence-corrected chi connectivity index (χ2v) is 8.50. The Morgan fingerprint density at radius 3 is 2.21 bits per heavy atom. The molecule has 1 aliphatic heterocycles. The van der Waals surface area contributed by atoms with Gasteiger partial charge in [0.1, 0.15) is 12.4 Å². The van der Waals surface area contributed by atoms with E-state index in [9.17, 15) is 5.11 Å². The summed E-state index contributed by atoms with van der Waals surface area (Å²) < 4.78 is 5.95. The van der Waals surface area contributed by atoms with Crippen molar-refractivity contribution in [3.63, 3.8) is 0 Å². The van der Waals surface area contributed by atoms with Gasteiger partial charge in [-0.1, -0.05) is 49.4 Å². The van der Waals surface area contributed by atoms with Crippen LogP contribution < -0.4 is 4.74 Å². The monoisotopic (exact) mass is 443 g/mol. The lowest BCUT2D eigenvalue weighted by molar-refractivity contribution is 0.132. The fourth-order valence-electron chi connectivity index (χ4n) is 4.27. The molecule has 33 heavy (non-hydrogen) atoms. The molecule has 5 nitrogen and oxygen atoms in total. The van der Waals surface area contributed by atoms with Crippen LogP contribution in [0.2, 0.25) is 0 Å². The second-order valence-electron chi connectivity index (χ2n) is 8.50. The number of benzene rings is 2. The van der Waals surface area contributed by atoms with Gasteiger partial charge < -0.3 is 14.7 Å². The average molecular weight is 444 g/mol. The lowest BCUT2D eigenvalue weighted by atomic mass is 9.89. The fourth-order valence-corrected chi connectivity index (χ4v) is 4.27. The summed E-state index contributed by atoms with van der Waals surface area (Å²) in [5.74, 6) is 0.911. The Morgan fingerprint density at radius 2 is 1.58 bits per heavy atom. The van der Waals surface area contributed by atoms with Crippen molar-refractivity contribution in [2.45, 2.75) is 13.3 Å². The van der Waals surface area contributed by atoms with E-state index in [0.717, 1.165) is 55.8 Å². The molecule has 2 aromatic carbocycles. The highest BCUT2D eigenvalue weighted by molar-refractivity contribution is 5.98. The summed E-state index contributed by atoms with van der Waals surface area (Å²) >= 11 is 0. The highest BCUT2D eigenvalue weighted by atomic mass is 16.5. The van der Waals surface area contributed by atoms with E-state index in [0.29, 0.717) is 12.5 Å². The molecule has 1 aliphatic rings. The van der Waals surface area contributed by atoms with E-state index in [1.165, 1.54) is 11.1 Å². The third-order valence-electron chi connectivity index (χ3n) is 6.21. The van der Waals surface area contributed by atoms with Gasteiger partial charge in [-0.2, -0.15) is 0 Å². The van der Waals surface area contributed by atoms with Crippen molar-refractivity contribution in [1.82, 2.24) is 14.8 Å². The van der Waals surface area contributed by atoms with E-state index >= 15 is 0 Å². The van der Waals surface area contributed by atoms with Crippen LogP contribution in [0, 0.1) is 0 Å². The van der Waals surface area contributed by atoms with Crippen LogP contribution in [0.4, 0.5) is 0 Å². The lowest BCUT2D eigenvalue weighted by Gasteiger charge is -2.32. The van der Waals surface area contributed by atoms with Crippen LogP contribution in [0.5, 0.6) is 11.6 Å². The predicted molar refractivity (Wildman–Crippen MR) is 134 cm³/mol. The topological polar surface area (TPSA) is 48.8 Å². The molecule has 0 unspecified atom stereocenters. The lowest BCUT2D eigenvalue weighted by Crippen LogP contribution is -2.45. The number of piperazine rings is 1. The number of pyridine rings is 1. The number of nitrogens with zero attached hydrogens (tertiary/aromatic N) is 3. The minimum atomic E-state index is 0.262. The van der Waals surface area contributed by atoms with Gasteiger partial charge in [-0.3, -0.25) is 4.90 Å². The van der Waals surface area contributed by atoms with Gasteiger partial charge in [-0.15, -0.1) is 0 Å². The molecule has 1 N–H and O–H groups in total. The van der Waals surface area contributed by atoms with Gasteiger partial charge in [0.2, 0.25) is 5.88 Å². The molecule has 0 atom stereocenters. The molecule has 4 rings (SSSR count). The highest BCUT2D eigenvalue weighted by Crippen LogP contribution is 2.35. The Kier molecular flexibility index (Phi) is 7.76. The van der Waals surface area contributed by atoms with E-state index in [2.05, 4.69) is 59.1 Å². The molecule has 5 heteroatoms. The van der Waals surface area contributed by atoms with Gasteiger partial charge >= 0.3 is 0 Å². The van der Waals surface area contributed by atoms with Crippen LogP contribution in [0.15, 0.2) is 72.9 Å². The molecule has 0 aliphatic carbocycles. The van der Waals surface area contributed by atoms with E-state index in [1.54, 1.807) is 12.1 Å². The van der Waals surface area contributed by atoms with Crippen molar-refractivity contribution in [3.8, 4) is 11.6 Å². The SMILES string of the molecule is CCC(=C(c1ccc(O)cc1)c1ccc(OCCN2CCN(C)CC2)nc1)c1ccccc1. The van der Waals surface area contributed by atoms with E-state index in [1.807, 2.05) is 30.5 Å². The number of aromatic nitrogens is 1. The van der Waals surface area contributed by atoms with Crippen LogP contribution in [-0.4, -0.2) is 66.3 Å². The number of likely N-dealkylation sites (N-methyl/N-ethyl adjacent to an activating group) is 1. The van der Waals surface area contributed by atoms with Crippen molar-refractivity contribution in [2.24, 2.45) is 0 Å². The number of aromatic hydroxyl groups is 1. The van der Waals surface area contributed by atoms with Crippen LogP contribution in [0.3, 0.4) is 0 Å². The summed E-state index contributed by atoms with van der Waals surface area (Å²) in [6.45, 7) is 8.14. The first-order chi connectivity index (χ1) is 16.1. The Balaban J connectivity index is 1.55. The Hall–Kier alpha value is -3.15. The summed E-state index contributed by atoms with van der Waals surface area (Å²) in [5, 5.41) is 9.80. The summed E-state index contributed by atoms with van der Waals surface area (Å²) in [6, 6.07) is 21.9.